The van der Waals surface area contributed by atoms with Gasteiger partial charge in [0.1, 0.15) is 17.1 Å². The second kappa shape index (κ2) is 5.12. The molecule has 1 aliphatic heterocycles. The molecule has 0 saturated carbocycles. The molecule has 0 aromatic carbocycles. The average molecular weight is 293 g/mol. The number of nitrogens with zero attached hydrogens (tertiary/aromatic N) is 5. The Labute approximate surface area is 122 Å². The van der Waals surface area contributed by atoms with Gasteiger partial charge in [0.2, 0.25) is 5.91 Å². The molecule has 0 N–H and O–H groups in total. The van der Waals surface area contributed by atoms with Crippen LogP contribution in [0, 0.1) is 6.92 Å². The van der Waals surface area contributed by atoms with E-state index in [0.717, 1.165) is 41.3 Å². The third-order valence-corrected chi connectivity index (χ3v) is 4.72. The monoisotopic (exact) mass is 293 g/mol. The van der Waals surface area contributed by atoms with E-state index in [4.69, 9.17) is 0 Å². The highest BCUT2D eigenvalue weighted by Crippen LogP contribution is 2.20. The maximum absolute atomic E-state index is 12.5. The molecule has 3 heterocycles. The standard InChI is InChI=1S/C13H19N5OS/c1-9-12-11(16(3)14-9)8-18(15-12)10(2)13(19)17-4-6-20-7-5-17/h8,10H,4-7H2,1-3H3/t10-/m1/s1. The first-order chi connectivity index (χ1) is 9.58. The van der Waals surface area contributed by atoms with E-state index in [9.17, 15) is 4.79 Å². The molecule has 1 atom stereocenters. The molecule has 0 spiro atoms. The van der Waals surface area contributed by atoms with Gasteiger partial charge in [0.15, 0.2) is 0 Å². The SMILES string of the molecule is Cc1nn(C)c2cn([C@H](C)C(=O)N3CCSCC3)nc12. The molecule has 0 radical (unpaired) electrons. The topological polar surface area (TPSA) is 56.0 Å². The van der Waals surface area contributed by atoms with Crippen LogP contribution in [0.1, 0.15) is 18.7 Å². The van der Waals surface area contributed by atoms with E-state index in [1.165, 1.54) is 0 Å². The Bertz CT molecular complexity index is 606. The fourth-order valence-electron chi connectivity index (χ4n) is 2.56. The van der Waals surface area contributed by atoms with Gasteiger partial charge in [-0.3, -0.25) is 14.2 Å². The molecule has 108 valence electrons. The zero-order valence-electron chi connectivity index (χ0n) is 12.0. The summed E-state index contributed by atoms with van der Waals surface area (Å²) in [6, 6.07) is -0.259. The van der Waals surface area contributed by atoms with E-state index >= 15 is 0 Å². The second-order valence-corrected chi connectivity index (χ2v) is 6.39. The summed E-state index contributed by atoms with van der Waals surface area (Å²) in [6.45, 7) is 5.54. The van der Waals surface area contributed by atoms with Crippen molar-refractivity contribution in [1.29, 1.82) is 0 Å². The van der Waals surface area contributed by atoms with Gasteiger partial charge in [-0.2, -0.15) is 22.0 Å². The van der Waals surface area contributed by atoms with Crippen molar-refractivity contribution in [2.24, 2.45) is 7.05 Å². The number of hydrogen-bond donors (Lipinski definition) is 0. The van der Waals surface area contributed by atoms with Crippen molar-refractivity contribution in [2.45, 2.75) is 19.9 Å². The number of hydrogen-bond acceptors (Lipinski definition) is 4. The Morgan fingerprint density at radius 1 is 1.35 bits per heavy atom. The van der Waals surface area contributed by atoms with Crippen LogP contribution >= 0.6 is 11.8 Å². The summed E-state index contributed by atoms with van der Waals surface area (Å²) >= 11 is 1.90. The number of thioether (sulfide) groups is 1. The number of rotatable bonds is 2. The highest BCUT2D eigenvalue weighted by atomic mass is 32.2. The molecule has 0 aliphatic carbocycles. The Balaban J connectivity index is 1.86. The zero-order chi connectivity index (χ0) is 14.3. The summed E-state index contributed by atoms with van der Waals surface area (Å²) in [5.74, 6) is 2.22. The first kappa shape index (κ1) is 13.5. The van der Waals surface area contributed by atoms with Crippen molar-refractivity contribution in [3.05, 3.63) is 11.9 Å². The van der Waals surface area contributed by atoms with Crippen LogP contribution in [0.15, 0.2) is 6.20 Å². The van der Waals surface area contributed by atoms with Gasteiger partial charge < -0.3 is 4.90 Å². The molecule has 7 heteroatoms. The van der Waals surface area contributed by atoms with E-state index in [1.54, 1.807) is 4.68 Å². The maximum atomic E-state index is 12.5. The highest BCUT2D eigenvalue weighted by molar-refractivity contribution is 7.99. The van der Waals surface area contributed by atoms with Crippen molar-refractivity contribution in [3.63, 3.8) is 0 Å². The smallest absolute Gasteiger partial charge is 0.247 e. The van der Waals surface area contributed by atoms with Crippen LogP contribution < -0.4 is 0 Å². The highest BCUT2D eigenvalue weighted by Gasteiger charge is 2.25. The first-order valence-electron chi connectivity index (χ1n) is 6.83. The number of aryl methyl sites for hydroxylation is 2. The number of aromatic nitrogens is 4. The molecule has 3 rings (SSSR count). The number of carbonyl (C=O) groups excluding carboxylic acids is 1. The van der Waals surface area contributed by atoms with Crippen LogP contribution in [-0.4, -0.2) is 55.0 Å². The summed E-state index contributed by atoms with van der Waals surface area (Å²) in [4.78, 5) is 14.4. The molecule has 1 fully saturated rings. The number of amides is 1. The molecule has 0 unspecified atom stereocenters. The van der Waals surface area contributed by atoms with E-state index in [2.05, 4.69) is 10.2 Å². The summed E-state index contributed by atoms with van der Waals surface area (Å²) in [7, 11) is 1.90. The van der Waals surface area contributed by atoms with Crippen LogP contribution in [0.25, 0.3) is 11.0 Å². The summed E-state index contributed by atoms with van der Waals surface area (Å²) < 4.78 is 3.58. The molecular formula is C13H19N5OS. The molecule has 20 heavy (non-hydrogen) atoms. The van der Waals surface area contributed by atoms with Gasteiger partial charge in [-0.25, -0.2) is 0 Å². The van der Waals surface area contributed by atoms with Crippen molar-refractivity contribution >= 4 is 28.7 Å². The van der Waals surface area contributed by atoms with Crippen LogP contribution in [0.5, 0.6) is 0 Å². The lowest BCUT2D eigenvalue weighted by Crippen LogP contribution is -2.41. The molecule has 2 aromatic heterocycles. The van der Waals surface area contributed by atoms with Crippen LogP contribution in [-0.2, 0) is 11.8 Å². The van der Waals surface area contributed by atoms with Crippen molar-refractivity contribution in [3.8, 4) is 0 Å². The van der Waals surface area contributed by atoms with E-state index in [1.807, 2.05) is 48.4 Å². The van der Waals surface area contributed by atoms with E-state index < -0.39 is 0 Å². The molecule has 1 aliphatic rings. The Morgan fingerprint density at radius 2 is 2.05 bits per heavy atom. The van der Waals surface area contributed by atoms with Gasteiger partial charge in [0.25, 0.3) is 0 Å². The number of fused-ring (bicyclic) bond motifs is 1. The van der Waals surface area contributed by atoms with Gasteiger partial charge in [-0.15, -0.1) is 0 Å². The Kier molecular flexibility index (Phi) is 3.45. The van der Waals surface area contributed by atoms with E-state index in [-0.39, 0.29) is 11.9 Å². The molecular weight excluding hydrogens is 274 g/mol. The fourth-order valence-corrected chi connectivity index (χ4v) is 3.47. The van der Waals surface area contributed by atoms with Crippen LogP contribution in [0.3, 0.4) is 0 Å². The molecule has 1 amide bonds. The molecule has 1 saturated heterocycles. The summed E-state index contributed by atoms with van der Waals surface area (Å²) in [6.07, 6.45) is 1.91. The van der Waals surface area contributed by atoms with Gasteiger partial charge in [-0.1, -0.05) is 0 Å². The summed E-state index contributed by atoms with van der Waals surface area (Å²) in [5, 5.41) is 8.86. The minimum atomic E-state index is -0.259. The molecule has 6 nitrogen and oxygen atoms in total. The zero-order valence-corrected chi connectivity index (χ0v) is 12.9. The van der Waals surface area contributed by atoms with Gasteiger partial charge in [-0.05, 0) is 13.8 Å². The Hall–Kier alpha value is -1.50. The van der Waals surface area contributed by atoms with Crippen molar-refractivity contribution < 1.29 is 4.79 Å². The summed E-state index contributed by atoms with van der Waals surface area (Å²) in [5.41, 5.74) is 2.74. The van der Waals surface area contributed by atoms with Gasteiger partial charge in [0, 0.05) is 31.6 Å². The minimum Gasteiger partial charge on any atom is -0.339 e. The fraction of sp³-hybridized carbons (Fsp3) is 0.615. The van der Waals surface area contributed by atoms with Crippen LogP contribution in [0.2, 0.25) is 0 Å². The first-order valence-corrected chi connectivity index (χ1v) is 7.98. The Morgan fingerprint density at radius 3 is 2.70 bits per heavy atom. The maximum Gasteiger partial charge on any atom is 0.247 e. The third kappa shape index (κ3) is 2.19. The normalized spacial score (nSPS) is 17.6. The average Bonchev–Trinajstić information content (AvgIpc) is 3.01. The number of carbonyl (C=O) groups is 1. The third-order valence-electron chi connectivity index (χ3n) is 3.78. The predicted octanol–water partition coefficient (Wildman–Crippen LogP) is 1.21. The lowest BCUT2D eigenvalue weighted by atomic mass is 10.3. The lowest BCUT2D eigenvalue weighted by Gasteiger charge is -2.28. The largest absolute Gasteiger partial charge is 0.339 e. The predicted molar refractivity (Wildman–Crippen MR) is 79.9 cm³/mol. The lowest BCUT2D eigenvalue weighted by molar-refractivity contribution is -0.134. The van der Waals surface area contributed by atoms with Gasteiger partial charge in [0.05, 0.1) is 11.9 Å². The molecule has 2 aromatic rings. The van der Waals surface area contributed by atoms with Gasteiger partial charge >= 0.3 is 0 Å². The quantitative estimate of drug-likeness (QED) is 0.835. The van der Waals surface area contributed by atoms with Crippen molar-refractivity contribution in [1.82, 2.24) is 24.5 Å². The van der Waals surface area contributed by atoms with Crippen LogP contribution in [0.4, 0.5) is 0 Å². The minimum absolute atomic E-state index is 0.156. The van der Waals surface area contributed by atoms with E-state index in [0.29, 0.717) is 0 Å². The van der Waals surface area contributed by atoms with Crippen molar-refractivity contribution in [2.75, 3.05) is 24.6 Å². The molecule has 0 bridgehead atoms. The second-order valence-electron chi connectivity index (χ2n) is 5.17.